The number of nitrogens with two attached hydrogens (primary N) is 1. The van der Waals surface area contributed by atoms with E-state index in [9.17, 15) is 25.0 Å². The van der Waals surface area contributed by atoms with Crippen LogP contribution >= 0.6 is 23.1 Å². The molecule has 11 nitrogen and oxygen atoms in total. The molecule has 1 unspecified atom stereocenters. The van der Waals surface area contributed by atoms with Crippen LogP contribution < -0.4 is 16.0 Å². The second-order valence-corrected chi connectivity index (χ2v) is 9.20. The second-order valence-electron chi connectivity index (χ2n) is 7.21. The van der Waals surface area contributed by atoms with Gasteiger partial charge in [-0.3, -0.25) is 19.7 Å². The van der Waals surface area contributed by atoms with Crippen LogP contribution in [0.4, 0.5) is 5.69 Å². The number of nitro groups is 1. The number of nitro benzene ring substituents is 1. The van der Waals surface area contributed by atoms with Crippen molar-refractivity contribution in [2.45, 2.75) is 10.4 Å². The number of benzene rings is 2. The molecule has 0 saturated carbocycles. The van der Waals surface area contributed by atoms with E-state index in [0.29, 0.717) is 27.6 Å². The zero-order chi connectivity index (χ0) is 25.8. The fourth-order valence-corrected chi connectivity index (χ4v) is 5.14. The highest BCUT2D eigenvalue weighted by atomic mass is 32.2. The Bertz CT molecular complexity index is 1560. The summed E-state index contributed by atoms with van der Waals surface area (Å²) < 4.78 is 5.22. The second kappa shape index (κ2) is 10.4. The highest BCUT2D eigenvalue weighted by Gasteiger charge is 2.26. The molecule has 36 heavy (non-hydrogen) atoms. The minimum absolute atomic E-state index is 0.0533. The summed E-state index contributed by atoms with van der Waals surface area (Å²) in [7, 11) is 1.49. The third kappa shape index (κ3) is 5.09. The fraction of sp³-hybridized carbons (Fsp3) is 0.0870. The van der Waals surface area contributed by atoms with Gasteiger partial charge < -0.3 is 15.5 Å². The Morgan fingerprint density at radius 1 is 1.25 bits per heavy atom. The first-order chi connectivity index (χ1) is 17.3. The molecule has 0 bridgehead atoms. The Kier molecular flexibility index (Phi) is 7.09. The van der Waals surface area contributed by atoms with Crippen LogP contribution in [0.25, 0.3) is 22.5 Å². The zero-order valence-electron chi connectivity index (χ0n) is 18.5. The van der Waals surface area contributed by atoms with E-state index < -0.39 is 21.6 Å². The lowest BCUT2D eigenvalue weighted by atomic mass is 10.1. The van der Waals surface area contributed by atoms with E-state index in [2.05, 4.69) is 15.0 Å². The molecular weight excluding hydrogens is 504 g/mol. The third-order valence-electron chi connectivity index (χ3n) is 4.96. The number of non-ortho nitro benzene ring substituents is 1. The maximum absolute atomic E-state index is 12.6. The molecule has 1 amide bonds. The van der Waals surface area contributed by atoms with Gasteiger partial charge in [0.05, 0.1) is 23.4 Å². The topological polar surface area (TPSA) is 178 Å². The molecule has 2 aromatic heterocycles. The van der Waals surface area contributed by atoms with Gasteiger partial charge in [-0.1, -0.05) is 23.9 Å². The van der Waals surface area contributed by atoms with Crippen LogP contribution in [0.1, 0.15) is 15.8 Å². The Balaban J connectivity index is 1.68. The lowest BCUT2D eigenvalue weighted by molar-refractivity contribution is -0.384. The van der Waals surface area contributed by atoms with Crippen molar-refractivity contribution in [3.8, 4) is 34.3 Å². The minimum Gasteiger partial charge on any atom is -0.497 e. The van der Waals surface area contributed by atoms with Crippen molar-refractivity contribution < 1.29 is 14.5 Å². The number of rotatable bonds is 8. The maximum atomic E-state index is 12.6. The van der Waals surface area contributed by atoms with Crippen LogP contribution in [0, 0.1) is 21.4 Å². The monoisotopic (exact) mass is 520 g/mol. The summed E-state index contributed by atoms with van der Waals surface area (Å²) >= 11 is 2.07. The number of methoxy groups -OCH3 is 1. The lowest BCUT2D eigenvalue weighted by Crippen LogP contribution is -2.21. The molecule has 0 spiro atoms. The van der Waals surface area contributed by atoms with Gasteiger partial charge in [-0.25, -0.2) is 9.97 Å². The number of ether oxygens (including phenoxy) is 1. The smallest absolute Gasteiger partial charge is 0.270 e. The molecule has 0 aliphatic heterocycles. The van der Waals surface area contributed by atoms with Crippen molar-refractivity contribution in [2.75, 3.05) is 7.11 Å². The predicted octanol–water partition coefficient (Wildman–Crippen LogP) is 3.67. The van der Waals surface area contributed by atoms with Gasteiger partial charge >= 0.3 is 0 Å². The van der Waals surface area contributed by atoms with Crippen molar-refractivity contribution in [2.24, 2.45) is 5.73 Å². The molecule has 0 radical (unpaired) electrons. The van der Waals surface area contributed by atoms with Gasteiger partial charge in [-0.15, -0.1) is 11.3 Å². The number of hydrogen-bond donors (Lipinski definition) is 2. The summed E-state index contributed by atoms with van der Waals surface area (Å²) in [5, 5.41) is 21.5. The maximum Gasteiger partial charge on any atom is 0.270 e. The van der Waals surface area contributed by atoms with Crippen molar-refractivity contribution >= 4 is 34.7 Å². The quantitative estimate of drug-likeness (QED) is 0.152. The van der Waals surface area contributed by atoms with E-state index in [1.54, 1.807) is 41.8 Å². The summed E-state index contributed by atoms with van der Waals surface area (Å²) in [5.74, 6) is -0.191. The molecular formula is C23H16N6O5S2. The van der Waals surface area contributed by atoms with Gasteiger partial charge in [0.2, 0.25) is 5.91 Å². The molecule has 3 N–H and O–H groups in total. The van der Waals surface area contributed by atoms with E-state index in [0.717, 1.165) is 11.8 Å². The first kappa shape index (κ1) is 24.6. The van der Waals surface area contributed by atoms with Crippen molar-refractivity contribution in [3.05, 3.63) is 85.0 Å². The number of nitriles is 1. The normalized spacial score (nSPS) is 11.4. The number of nitrogens with zero attached hydrogens (tertiary/aromatic N) is 4. The van der Waals surface area contributed by atoms with E-state index >= 15 is 0 Å². The summed E-state index contributed by atoms with van der Waals surface area (Å²) in [6.07, 6.45) is 0. The number of thiazole rings is 1. The lowest BCUT2D eigenvalue weighted by Gasteiger charge is -2.11. The van der Waals surface area contributed by atoms with Gasteiger partial charge in [-0.05, 0) is 24.3 Å². The largest absolute Gasteiger partial charge is 0.497 e. The molecule has 180 valence electrons. The fourth-order valence-electron chi connectivity index (χ4n) is 3.23. The van der Waals surface area contributed by atoms with Crippen LogP contribution in [-0.4, -0.2) is 32.9 Å². The number of aromatic nitrogens is 3. The molecule has 0 aliphatic rings. The summed E-state index contributed by atoms with van der Waals surface area (Å²) in [4.78, 5) is 46.8. The number of amides is 1. The molecule has 0 saturated heterocycles. The van der Waals surface area contributed by atoms with Crippen LogP contribution in [0.5, 0.6) is 5.75 Å². The van der Waals surface area contributed by atoms with Gasteiger partial charge in [0, 0.05) is 28.6 Å². The standard InChI is InChI=1S/C23H16N6O5S2/c1-34-15-4-2-3-13(9-15)18-16(10-24)21(31)28-23(27-18)36-19(20(25)30)22-26-17(11-35-22)12-5-7-14(8-6-12)29(32)33/h2-9,11,19H,1H3,(H2,25,30)(H,27,28,31). The van der Waals surface area contributed by atoms with Crippen LogP contribution in [0.3, 0.4) is 0 Å². The van der Waals surface area contributed by atoms with E-state index in [1.807, 2.05) is 6.07 Å². The van der Waals surface area contributed by atoms with Gasteiger partial charge in [0.1, 0.15) is 27.6 Å². The molecule has 13 heteroatoms. The van der Waals surface area contributed by atoms with Gasteiger partial charge in [-0.2, -0.15) is 5.26 Å². The third-order valence-corrected chi connectivity index (χ3v) is 7.13. The molecule has 4 aromatic rings. The number of carbonyl (C=O) groups excluding carboxylic acids is 1. The first-order valence-corrected chi connectivity index (χ1v) is 11.9. The molecule has 1 atom stereocenters. The van der Waals surface area contributed by atoms with Crippen molar-refractivity contribution in [1.82, 2.24) is 15.0 Å². The molecule has 0 fully saturated rings. The van der Waals surface area contributed by atoms with E-state index in [1.165, 1.54) is 30.6 Å². The number of nitrogens with one attached hydrogen (secondary N) is 1. The Morgan fingerprint density at radius 2 is 2.00 bits per heavy atom. The summed E-state index contributed by atoms with van der Waals surface area (Å²) in [5.41, 5.74) is 6.50. The first-order valence-electron chi connectivity index (χ1n) is 10.2. The SMILES string of the molecule is COc1cccc(-c2nc(SC(C(N)=O)c3nc(-c4ccc([N+](=O)[O-])cc4)cs3)[nH]c(=O)c2C#N)c1. The molecule has 0 aliphatic carbocycles. The Labute approximate surface area is 211 Å². The highest BCUT2D eigenvalue weighted by molar-refractivity contribution is 8.00. The molecule has 2 aromatic carbocycles. The molecule has 4 rings (SSSR count). The number of primary amides is 1. The van der Waals surface area contributed by atoms with Crippen LogP contribution in [-0.2, 0) is 4.79 Å². The van der Waals surface area contributed by atoms with Gasteiger partial charge in [0.15, 0.2) is 5.16 Å². The molecule has 2 heterocycles. The highest BCUT2D eigenvalue weighted by Crippen LogP contribution is 2.37. The number of H-pyrrole nitrogens is 1. The van der Waals surface area contributed by atoms with Crippen molar-refractivity contribution in [1.29, 1.82) is 5.26 Å². The number of thioether (sulfide) groups is 1. The van der Waals surface area contributed by atoms with Crippen LogP contribution in [0.2, 0.25) is 0 Å². The number of hydrogen-bond acceptors (Lipinski definition) is 10. The van der Waals surface area contributed by atoms with Crippen molar-refractivity contribution in [3.63, 3.8) is 0 Å². The average Bonchev–Trinajstić information content (AvgIpc) is 3.36. The summed E-state index contributed by atoms with van der Waals surface area (Å²) in [6, 6.07) is 14.4. The predicted molar refractivity (Wildman–Crippen MR) is 134 cm³/mol. The number of aromatic amines is 1. The Morgan fingerprint density at radius 3 is 2.64 bits per heavy atom. The minimum atomic E-state index is -0.990. The average molecular weight is 521 g/mol. The van der Waals surface area contributed by atoms with Gasteiger partial charge in [0.25, 0.3) is 11.2 Å². The number of carbonyl (C=O) groups is 1. The zero-order valence-corrected chi connectivity index (χ0v) is 20.1. The summed E-state index contributed by atoms with van der Waals surface area (Å²) in [6.45, 7) is 0. The van der Waals surface area contributed by atoms with Crippen LogP contribution in [0.15, 0.2) is 63.9 Å². The van der Waals surface area contributed by atoms with E-state index in [4.69, 9.17) is 10.5 Å². The van der Waals surface area contributed by atoms with E-state index in [-0.39, 0.29) is 22.1 Å². The Hall–Kier alpha value is -4.54.